The van der Waals surface area contributed by atoms with Crippen molar-refractivity contribution in [3.8, 4) is 5.75 Å². The van der Waals surface area contributed by atoms with Crippen molar-refractivity contribution in [1.82, 2.24) is 9.78 Å². The van der Waals surface area contributed by atoms with Gasteiger partial charge in [-0.05, 0) is 44.2 Å². The molecule has 0 spiro atoms. The predicted molar refractivity (Wildman–Crippen MR) is 68.9 cm³/mol. The topological polar surface area (TPSA) is 44.1 Å². The largest absolute Gasteiger partial charge is 0.494 e. The van der Waals surface area contributed by atoms with Gasteiger partial charge in [0, 0.05) is 11.8 Å². The first-order chi connectivity index (χ1) is 8.69. The third kappa shape index (κ3) is 2.97. The van der Waals surface area contributed by atoms with Crippen LogP contribution in [0.5, 0.6) is 5.75 Å². The van der Waals surface area contributed by atoms with Crippen molar-refractivity contribution in [2.45, 2.75) is 20.4 Å². The van der Waals surface area contributed by atoms with Gasteiger partial charge < -0.3 is 4.74 Å². The minimum Gasteiger partial charge on any atom is -0.494 e. The fourth-order valence-corrected chi connectivity index (χ4v) is 1.69. The van der Waals surface area contributed by atoms with E-state index in [1.54, 1.807) is 16.8 Å². The zero-order chi connectivity index (χ0) is 13.0. The first kappa shape index (κ1) is 12.4. The molecule has 0 fully saturated rings. The van der Waals surface area contributed by atoms with E-state index in [9.17, 15) is 4.79 Å². The van der Waals surface area contributed by atoms with Crippen LogP contribution in [0.3, 0.4) is 0 Å². The molecule has 0 atom stereocenters. The molecule has 94 valence electrons. The van der Waals surface area contributed by atoms with Crippen LogP contribution in [0.2, 0.25) is 0 Å². The lowest BCUT2D eigenvalue weighted by Crippen LogP contribution is -2.11. The van der Waals surface area contributed by atoms with Crippen molar-refractivity contribution >= 4 is 5.78 Å². The number of ketones is 1. The van der Waals surface area contributed by atoms with E-state index < -0.39 is 0 Å². The number of rotatable bonds is 5. The van der Waals surface area contributed by atoms with E-state index in [2.05, 4.69) is 5.10 Å². The molecule has 0 aliphatic carbocycles. The average molecular weight is 244 g/mol. The Morgan fingerprint density at radius 3 is 2.56 bits per heavy atom. The number of hydrogen-bond donors (Lipinski definition) is 0. The maximum atomic E-state index is 12.0. The summed E-state index contributed by atoms with van der Waals surface area (Å²) in [5, 5.41) is 4.19. The Morgan fingerprint density at radius 1 is 1.28 bits per heavy atom. The summed E-state index contributed by atoms with van der Waals surface area (Å²) in [6.45, 7) is 4.72. The quantitative estimate of drug-likeness (QED) is 0.759. The molecule has 0 aliphatic rings. The second kappa shape index (κ2) is 5.49. The van der Waals surface area contributed by atoms with Crippen molar-refractivity contribution in [3.63, 3.8) is 0 Å². The maximum Gasteiger partial charge on any atom is 0.184 e. The van der Waals surface area contributed by atoms with Gasteiger partial charge in [-0.2, -0.15) is 5.10 Å². The minimum atomic E-state index is 0.0427. The molecule has 1 heterocycles. The van der Waals surface area contributed by atoms with Gasteiger partial charge >= 0.3 is 0 Å². The van der Waals surface area contributed by atoms with Gasteiger partial charge in [0.25, 0.3) is 0 Å². The SMILES string of the molecule is CCOc1ccc(C(=O)Cn2ccc(C)n2)cc1. The van der Waals surface area contributed by atoms with Crippen LogP contribution in [0, 0.1) is 6.92 Å². The lowest BCUT2D eigenvalue weighted by atomic mass is 10.1. The van der Waals surface area contributed by atoms with Crippen molar-refractivity contribution in [3.05, 3.63) is 47.8 Å². The summed E-state index contributed by atoms with van der Waals surface area (Å²) in [6.07, 6.45) is 1.81. The highest BCUT2D eigenvalue weighted by atomic mass is 16.5. The molecule has 0 radical (unpaired) electrons. The van der Waals surface area contributed by atoms with E-state index in [0.717, 1.165) is 11.4 Å². The Kier molecular flexibility index (Phi) is 3.77. The van der Waals surface area contributed by atoms with Gasteiger partial charge in [0.1, 0.15) is 12.3 Å². The second-order valence-corrected chi connectivity index (χ2v) is 4.04. The second-order valence-electron chi connectivity index (χ2n) is 4.04. The van der Waals surface area contributed by atoms with Crippen LogP contribution in [0.1, 0.15) is 23.0 Å². The number of hydrogen-bond acceptors (Lipinski definition) is 3. The highest BCUT2D eigenvalue weighted by molar-refractivity contribution is 5.95. The summed E-state index contributed by atoms with van der Waals surface area (Å²) < 4.78 is 6.98. The molecule has 18 heavy (non-hydrogen) atoms. The summed E-state index contributed by atoms with van der Waals surface area (Å²) in [5.41, 5.74) is 1.58. The monoisotopic (exact) mass is 244 g/mol. The molecule has 0 saturated heterocycles. The molecule has 0 aliphatic heterocycles. The lowest BCUT2D eigenvalue weighted by molar-refractivity contribution is 0.0967. The first-order valence-electron chi connectivity index (χ1n) is 5.95. The van der Waals surface area contributed by atoms with E-state index >= 15 is 0 Å². The summed E-state index contributed by atoms with van der Waals surface area (Å²) >= 11 is 0. The van der Waals surface area contributed by atoms with Gasteiger partial charge in [0.2, 0.25) is 0 Å². The van der Waals surface area contributed by atoms with E-state index in [-0.39, 0.29) is 12.3 Å². The first-order valence-corrected chi connectivity index (χ1v) is 5.95. The summed E-state index contributed by atoms with van der Waals surface area (Å²) in [4.78, 5) is 12.0. The Morgan fingerprint density at radius 2 is 2.00 bits per heavy atom. The molecule has 2 aromatic rings. The van der Waals surface area contributed by atoms with Gasteiger partial charge in [-0.3, -0.25) is 9.48 Å². The third-order valence-corrected chi connectivity index (χ3v) is 2.57. The molecule has 0 saturated carbocycles. The molecule has 0 amide bonds. The highest BCUT2D eigenvalue weighted by Gasteiger charge is 2.07. The van der Waals surface area contributed by atoms with Gasteiger partial charge in [0.05, 0.1) is 12.3 Å². The molecule has 0 bridgehead atoms. The predicted octanol–water partition coefficient (Wildman–Crippen LogP) is 2.47. The van der Waals surface area contributed by atoms with Crippen molar-refractivity contribution in [1.29, 1.82) is 0 Å². The van der Waals surface area contributed by atoms with Crippen LogP contribution in [0.15, 0.2) is 36.5 Å². The molecule has 2 rings (SSSR count). The van der Waals surface area contributed by atoms with Crippen molar-refractivity contribution in [2.24, 2.45) is 0 Å². The van der Waals surface area contributed by atoms with Crippen LogP contribution < -0.4 is 4.74 Å². The van der Waals surface area contributed by atoms with Gasteiger partial charge in [-0.15, -0.1) is 0 Å². The number of aryl methyl sites for hydroxylation is 1. The molecular weight excluding hydrogens is 228 g/mol. The van der Waals surface area contributed by atoms with Crippen molar-refractivity contribution < 1.29 is 9.53 Å². The highest BCUT2D eigenvalue weighted by Crippen LogP contribution is 2.13. The van der Waals surface area contributed by atoms with E-state index in [1.165, 1.54) is 0 Å². The molecule has 0 N–H and O–H groups in total. The van der Waals surface area contributed by atoms with E-state index in [0.29, 0.717) is 12.2 Å². The fourth-order valence-electron chi connectivity index (χ4n) is 1.69. The van der Waals surface area contributed by atoms with Gasteiger partial charge in [-0.25, -0.2) is 0 Å². The van der Waals surface area contributed by atoms with E-state index in [4.69, 9.17) is 4.74 Å². The molecule has 4 heteroatoms. The standard InChI is InChI=1S/C14H16N2O2/c1-3-18-13-6-4-12(5-7-13)14(17)10-16-9-8-11(2)15-16/h4-9H,3,10H2,1-2H3. The number of ether oxygens (including phenoxy) is 1. The number of Topliss-reactive ketones (excluding diaryl/α,β-unsaturated/α-hetero) is 1. The lowest BCUT2D eigenvalue weighted by Gasteiger charge is -2.04. The molecule has 1 aromatic carbocycles. The number of nitrogens with zero attached hydrogens (tertiary/aromatic N) is 2. The Bertz CT molecular complexity index is 529. The van der Waals surface area contributed by atoms with Crippen molar-refractivity contribution in [2.75, 3.05) is 6.61 Å². The Hall–Kier alpha value is -2.10. The number of aromatic nitrogens is 2. The average Bonchev–Trinajstić information content (AvgIpc) is 2.76. The van der Waals surface area contributed by atoms with Crippen LogP contribution in [0.25, 0.3) is 0 Å². The zero-order valence-corrected chi connectivity index (χ0v) is 10.6. The molecule has 0 unspecified atom stereocenters. The minimum absolute atomic E-state index is 0.0427. The zero-order valence-electron chi connectivity index (χ0n) is 10.6. The molecular formula is C14H16N2O2. The Balaban J connectivity index is 2.04. The van der Waals surface area contributed by atoms with E-state index in [1.807, 2.05) is 38.2 Å². The van der Waals surface area contributed by atoms with Gasteiger partial charge in [0.15, 0.2) is 5.78 Å². The van der Waals surface area contributed by atoms with Crippen LogP contribution in [0.4, 0.5) is 0 Å². The molecule has 1 aromatic heterocycles. The fraction of sp³-hybridized carbons (Fsp3) is 0.286. The number of carbonyl (C=O) groups excluding carboxylic acids is 1. The number of benzene rings is 1. The van der Waals surface area contributed by atoms with Crippen LogP contribution in [-0.4, -0.2) is 22.2 Å². The Labute approximate surface area is 106 Å². The van der Waals surface area contributed by atoms with Gasteiger partial charge in [-0.1, -0.05) is 0 Å². The number of carbonyl (C=O) groups is 1. The summed E-state index contributed by atoms with van der Waals surface area (Å²) in [6, 6.07) is 9.06. The smallest absolute Gasteiger partial charge is 0.184 e. The normalized spacial score (nSPS) is 10.3. The molecule has 4 nitrogen and oxygen atoms in total. The van der Waals surface area contributed by atoms with Crippen LogP contribution in [-0.2, 0) is 6.54 Å². The maximum absolute atomic E-state index is 12.0. The third-order valence-electron chi connectivity index (χ3n) is 2.57. The summed E-state index contributed by atoms with van der Waals surface area (Å²) in [7, 11) is 0. The van der Waals surface area contributed by atoms with Crippen LogP contribution >= 0.6 is 0 Å². The summed E-state index contributed by atoms with van der Waals surface area (Å²) in [5.74, 6) is 0.824.